The monoisotopic (exact) mass is 302 g/mol. The Hall–Kier alpha value is -2.08. The first-order chi connectivity index (χ1) is 10.7. The Balaban J connectivity index is 1.93. The van der Waals surface area contributed by atoms with Crippen molar-refractivity contribution in [1.29, 1.82) is 0 Å². The van der Waals surface area contributed by atoms with Crippen LogP contribution >= 0.6 is 0 Å². The molecule has 0 fully saturated rings. The van der Waals surface area contributed by atoms with Crippen molar-refractivity contribution in [2.45, 2.75) is 52.4 Å². The van der Waals surface area contributed by atoms with Crippen molar-refractivity contribution in [3.05, 3.63) is 34.4 Å². The average Bonchev–Trinajstić information content (AvgIpc) is 2.95. The average molecular weight is 302 g/mol. The maximum Gasteiger partial charge on any atom is 0.223 e. The van der Waals surface area contributed by atoms with Gasteiger partial charge in [-0.25, -0.2) is 4.98 Å². The molecule has 0 spiro atoms. The predicted octanol–water partition coefficient (Wildman–Crippen LogP) is 1.71. The van der Waals surface area contributed by atoms with Gasteiger partial charge in [0.05, 0.1) is 11.9 Å². The van der Waals surface area contributed by atoms with E-state index in [4.69, 9.17) is 0 Å². The van der Waals surface area contributed by atoms with Crippen LogP contribution in [0.5, 0.6) is 5.75 Å². The summed E-state index contributed by atoms with van der Waals surface area (Å²) in [5.74, 6) is 0.455. The van der Waals surface area contributed by atoms with Gasteiger partial charge in [0.1, 0.15) is 5.69 Å². The molecule has 22 heavy (non-hydrogen) atoms. The first-order valence-corrected chi connectivity index (χ1v) is 7.86. The second-order valence-electron chi connectivity index (χ2n) is 5.69. The van der Waals surface area contributed by atoms with Gasteiger partial charge in [-0.1, -0.05) is 13.8 Å². The van der Waals surface area contributed by atoms with E-state index in [0.29, 0.717) is 17.6 Å². The molecule has 6 nitrogen and oxygen atoms in total. The molecule has 0 radical (unpaired) electrons. The third kappa shape index (κ3) is 2.43. The minimum atomic E-state index is -0.362. The highest BCUT2D eigenvalue weighted by atomic mass is 16.3. The van der Waals surface area contributed by atoms with Gasteiger partial charge in [-0.05, 0) is 12.8 Å². The molecule has 2 aromatic rings. The van der Waals surface area contributed by atoms with E-state index in [1.54, 1.807) is 6.20 Å². The third-order valence-corrected chi connectivity index (χ3v) is 4.42. The molecule has 0 amide bonds. The zero-order chi connectivity index (χ0) is 15.7. The van der Waals surface area contributed by atoms with Crippen LogP contribution in [0.3, 0.4) is 0 Å². The number of aromatic hydroxyl groups is 1. The fourth-order valence-corrected chi connectivity index (χ4v) is 3.01. The Kier molecular flexibility index (Phi) is 4.02. The minimum absolute atomic E-state index is 0.214. The molecule has 2 N–H and O–H groups in total. The van der Waals surface area contributed by atoms with Gasteiger partial charge < -0.3 is 19.6 Å². The number of aromatic nitrogens is 3. The zero-order valence-electron chi connectivity index (χ0n) is 13.0. The highest BCUT2D eigenvalue weighted by molar-refractivity contribution is 5.61. The van der Waals surface area contributed by atoms with Crippen LogP contribution in [0.15, 0.2) is 23.3 Å². The van der Waals surface area contributed by atoms with E-state index < -0.39 is 0 Å². The normalized spacial score (nSPS) is 13.2. The standard InChI is InChI=1S/C16H22N4O2/c1-3-11(4-2)17-9-12-10-18-16-14-15(22)13(21)5-6-19(14)7-8-20(12)16/h5-6,10-11,17,22H,3-4,7-9H2,1-2H3. The number of nitrogens with zero attached hydrogens (tertiary/aromatic N) is 3. The van der Waals surface area contributed by atoms with Gasteiger partial charge in [0.2, 0.25) is 5.43 Å². The van der Waals surface area contributed by atoms with Crippen LogP contribution in [0, 0.1) is 0 Å². The van der Waals surface area contributed by atoms with E-state index in [9.17, 15) is 9.90 Å². The number of nitrogens with one attached hydrogen (secondary N) is 1. The number of fused-ring (bicyclic) bond motifs is 3. The SMILES string of the molecule is CCC(CC)NCc1cnc2n1CCn1ccc(=O)c(O)c1-2. The molecule has 6 heteroatoms. The fraction of sp³-hybridized carbons (Fsp3) is 0.500. The zero-order valence-corrected chi connectivity index (χ0v) is 13.0. The molecular formula is C16H22N4O2. The summed E-state index contributed by atoms with van der Waals surface area (Å²) in [6, 6.07) is 1.89. The number of imidazole rings is 1. The van der Waals surface area contributed by atoms with Gasteiger partial charge in [-0.2, -0.15) is 0 Å². The van der Waals surface area contributed by atoms with Crippen molar-refractivity contribution in [3.8, 4) is 17.3 Å². The van der Waals surface area contributed by atoms with Crippen molar-refractivity contribution >= 4 is 0 Å². The van der Waals surface area contributed by atoms with Gasteiger partial charge in [0.15, 0.2) is 11.6 Å². The van der Waals surface area contributed by atoms with Crippen LogP contribution in [-0.4, -0.2) is 25.3 Å². The number of hydrogen-bond donors (Lipinski definition) is 2. The quantitative estimate of drug-likeness (QED) is 0.882. The van der Waals surface area contributed by atoms with Crippen LogP contribution in [0.25, 0.3) is 11.5 Å². The van der Waals surface area contributed by atoms with Crippen molar-refractivity contribution in [2.24, 2.45) is 0 Å². The van der Waals surface area contributed by atoms with Crippen molar-refractivity contribution in [2.75, 3.05) is 0 Å². The van der Waals surface area contributed by atoms with Gasteiger partial charge in [-0.3, -0.25) is 4.79 Å². The van der Waals surface area contributed by atoms with Crippen molar-refractivity contribution in [1.82, 2.24) is 19.4 Å². The second-order valence-corrected chi connectivity index (χ2v) is 5.69. The topological polar surface area (TPSA) is 72.1 Å². The molecule has 2 aromatic heterocycles. The Morgan fingerprint density at radius 1 is 1.36 bits per heavy atom. The van der Waals surface area contributed by atoms with Gasteiger partial charge in [0, 0.05) is 37.9 Å². The lowest BCUT2D eigenvalue weighted by Crippen LogP contribution is -2.29. The maximum absolute atomic E-state index is 11.7. The summed E-state index contributed by atoms with van der Waals surface area (Å²) < 4.78 is 3.97. The summed E-state index contributed by atoms with van der Waals surface area (Å²) in [5.41, 5.74) is 1.25. The maximum atomic E-state index is 11.7. The molecule has 1 aliphatic rings. The molecule has 0 atom stereocenters. The van der Waals surface area contributed by atoms with Crippen molar-refractivity contribution in [3.63, 3.8) is 0 Å². The molecule has 0 saturated heterocycles. The molecule has 3 heterocycles. The van der Waals surface area contributed by atoms with E-state index in [1.165, 1.54) is 6.07 Å². The summed E-state index contributed by atoms with van der Waals surface area (Å²) in [6.45, 7) is 6.62. The highest BCUT2D eigenvalue weighted by Gasteiger charge is 2.23. The van der Waals surface area contributed by atoms with E-state index in [1.807, 2.05) is 10.8 Å². The Morgan fingerprint density at radius 3 is 2.86 bits per heavy atom. The van der Waals surface area contributed by atoms with E-state index in [0.717, 1.165) is 38.2 Å². The Bertz CT molecular complexity index is 728. The minimum Gasteiger partial charge on any atom is -0.503 e. The van der Waals surface area contributed by atoms with Crippen LogP contribution in [0.4, 0.5) is 0 Å². The molecule has 0 aromatic carbocycles. The van der Waals surface area contributed by atoms with Crippen LogP contribution in [0.1, 0.15) is 32.4 Å². The first-order valence-electron chi connectivity index (χ1n) is 7.86. The summed E-state index contributed by atoms with van der Waals surface area (Å²) in [5, 5.41) is 13.6. The van der Waals surface area contributed by atoms with E-state index in [-0.39, 0.29) is 11.2 Å². The highest BCUT2D eigenvalue weighted by Crippen LogP contribution is 2.29. The van der Waals surface area contributed by atoms with Crippen LogP contribution in [0.2, 0.25) is 0 Å². The lowest BCUT2D eigenvalue weighted by Gasteiger charge is -2.23. The smallest absolute Gasteiger partial charge is 0.223 e. The van der Waals surface area contributed by atoms with Crippen molar-refractivity contribution < 1.29 is 5.11 Å². The van der Waals surface area contributed by atoms with Crippen LogP contribution < -0.4 is 10.7 Å². The number of rotatable bonds is 5. The number of hydrogen-bond acceptors (Lipinski definition) is 4. The molecule has 3 rings (SSSR count). The summed E-state index contributed by atoms with van der Waals surface area (Å²) in [4.78, 5) is 16.1. The van der Waals surface area contributed by atoms with Gasteiger partial charge in [0.25, 0.3) is 0 Å². The predicted molar refractivity (Wildman–Crippen MR) is 84.8 cm³/mol. The molecule has 0 bridgehead atoms. The fourth-order valence-electron chi connectivity index (χ4n) is 3.01. The molecular weight excluding hydrogens is 280 g/mol. The summed E-state index contributed by atoms with van der Waals surface area (Å²) >= 11 is 0. The van der Waals surface area contributed by atoms with E-state index in [2.05, 4.69) is 28.7 Å². The van der Waals surface area contributed by atoms with Gasteiger partial charge >= 0.3 is 0 Å². The largest absolute Gasteiger partial charge is 0.503 e. The Labute approximate surface area is 129 Å². The molecule has 0 aliphatic carbocycles. The number of aryl methyl sites for hydroxylation is 1. The summed E-state index contributed by atoms with van der Waals surface area (Å²) in [6.07, 6.45) is 5.74. The molecule has 0 saturated carbocycles. The lowest BCUT2D eigenvalue weighted by molar-refractivity contribution is 0.443. The number of pyridine rings is 1. The molecule has 118 valence electrons. The van der Waals surface area contributed by atoms with E-state index >= 15 is 0 Å². The summed E-state index contributed by atoms with van der Waals surface area (Å²) in [7, 11) is 0. The van der Waals surface area contributed by atoms with Gasteiger partial charge in [-0.15, -0.1) is 0 Å². The first kappa shape index (κ1) is 14.8. The molecule has 1 aliphatic heterocycles. The lowest BCUT2D eigenvalue weighted by atomic mass is 10.2. The second kappa shape index (κ2) is 5.96. The molecule has 0 unspecified atom stereocenters. The third-order valence-electron chi connectivity index (χ3n) is 4.42. The van der Waals surface area contributed by atoms with Crippen LogP contribution in [-0.2, 0) is 19.6 Å². The Morgan fingerprint density at radius 2 is 2.14 bits per heavy atom.